The summed E-state index contributed by atoms with van der Waals surface area (Å²) in [7, 11) is 5.54. The van der Waals surface area contributed by atoms with E-state index in [2.05, 4.69) is 50.3 Å². The van der Waals surface area contributed by atoms with Crippen LogP contribution in [0.5, 0.6) is 0 Å². The molecule has 0 aliphatic heterocycles. The van der Waals surface area contributed by atoms with Gasteiger partial charge in [0.05, 0.1) is 34.4 Å². The normalized spacial score (nSPS) is 13.1. The maximum Gasteiger partial charge on any atom is 0.362 e. The monoisotopic (exact) mass is 875 g/mol. The van der Waals surface area contributed by atoms with Gasteiger partial charge in [0, 0.05) is 19.3 Å². The summed E-state index contributed by atoms with van der Waals surface area (Å²) in [6, 6.07) is -0.616. The number of carbonyl (C=O) groups is 3. The molecular formula is C54H100NO7+. The number of carboxylic acids is 1. The Kier molecular flexibility index (Phi) is 43.3. The first kappa shape index (κ1) is 59.5. The Bertz CT molecular complexity index is 1110. The molecule has 8 nitrogen and oxygen atoms in total. The van der Waals surface area contributed by atoms with Gasteiger partial charge in [0.2, 0.25) is 0 Å². The highest BCUT2D eigenvalue weighted by molar-refractivity contribution is 5.72. The van der Waals surface area contributed by atoms with Crippen molar-refractivity contribution in [1.29, 1.82) is 0 Å². The van der Waals surface area contributed by atoms with Crippen LogP contribution in [0.4, 0.5) is 0 Å². The van der Waals surface area contributed by atoms with E-state index in [4.69, 9.17) is 14.2 Å². The smallest absolute Gasteiger partial charge is 0.362 e. The number of aliphatic carboxylic acids is 1. The largest absolute Gasteiger partial charge is 0.477 e. The van der Waals surface area contributed by atoms with E-state index in [9.17, 15) is 19.5 Å². The Morgan fingerprint density at radius 3 is 1.29 bits per heavy atom. The molecule has 362 valence electrons. The van der Waals surface area contributed by atoms with Crippen LogP contribution in [0.25, 0.3) is 0 Å². The molecule has 0 aliphatic carbocycles. The molecule has 0 aromatic heterocycles. The highest BCUT2D eigenvalue weighted by Gasteiger charge is 2.31. The van der Waals surface area contributed by atoms with E-state index in [1.807, 2.05) is 21.1 Å². The maximum absolute atomic E-state index is 12.8. The molecule has 0 saturated carbocycles. The van der Waals surface area contributed by atoms with Crippen LogP contribution >= 0.6 is 0 Å². The van der Waals surface area contributed by atoms with E-state index in [1.54, 1.807) is 0 Å². The molecule has 62 heavy (non-hydrogen) atoms. The zero-order chi connectivity index (χ0) is 45.6. The van der Waals surface area contributed by atoms with Crippen molar-refractivity contribution in [2.45, 2.75) is 251 Å². The van der Waals surface area contributed by atoms with Crippen LogP contribution in [0.2, 0.25) is 0 Å². The van der Waals surface area contributed by atoms with Gasteiger partial charge in [-0.3, -0.25) is 9.59 Å². The van der Waals surface area contributed by atoms with Gasteiger partial charge in [0.15, 0.2) is 12.1 Å². The molecule has 1 N–H and O–H groups in total. The molecule has 0 heterocycles. The average molecular weight is 875 g/mol. The fraction of sp³-hybridized carbons (Fsp3) is 0.833. The lowest BCUT2D eigenvalue weighted by Crippen LogP contribution is -2.50. The van der Waals surface area contributed by atoms with Crippen molar-refractivity contribution >= 4 is 17.9 Å². The number of likely N-dealkylation sites (N-methyl/N-ethyl adjacent to an activating group) is 1. The Morgan fingerprint density at radius 1 is 0.484 bits per heavy atom. The second-order valence-electron chi connectivity index (χ2n) is 18.8. The number of carbonyl (C=O) groups excluding carboxylic acids is 2. The van der Waals surface area contributed by atoms with Crippen molar-refractivity contribution in [3.8, 4) is 0 Å². The number of ether oxygens (including phenoxy) is 3. The molecule has 0 aliphatic rings. The lowest BCUT2D eigenvalue weighted by Gasteiger charge is -2.31. The summed E-state index contributed by atoms with van der Waals surface area (Å²) in [6.45, 7) is 4.73. The van der Waals surface area contributed by atoms with E-state index in [0.717, 1.165) is 51.4 Å². The minimum Gasteiger partial charge on any atom is -0.477 e. The Hall–Kier alpha value is -2.45. The third-order valence-corrected chi connectivity index (χ3v) is 11.8. The first-order valence-electron chi connectivity index (χ1n) is 26.0. The standard InChI is InChI=1S/C54H99NO7/c1-6-8-10-12-14-16-18-20-22-24-25-26-27-29-31-33-35-37-39-41-43-45-53(57)62-50(48-60-47-46-51(54(58)59)55(3,4)5)49-61-52(56)44-42-40-38-36-34-32-30-28-23-21-19-17-15-13-11-9-7-2/h15,17,21,23,26-27,50-51H,6-14,16,18-20,22,24-25,28-49H2,1-5H3/p+1/b17-15+,23-21+,27-26+. The Balaban J connectivity index is 4.24. The minimum absolute atomic E-state index is 0.0551. The van der Waals surface area contributed by atoms with Gasteiger partial charge >= 0.3 is 17.9 Å². The van der Waals surface area contributed by atoms with Gasteiger partial charge in [0.1, 0.15) is 6.61 Å². The number of carboxylic acid groups (broad SMARTS) is 1. The summed E-state index contributed by atoms with van der Waals surface area (Å²) in [4.78, 5) is 37.2. The molecule has 0 aromatic rings. The molecule has 0 aromatic carbocycles. The molecule has 2 unspecified atom stereocenters. The predicted octanol–water partition coefficient (Wildman–Crippen LogP) is 15.0. The van der Waals surface area contributed by atoms with Gasteiger partial charge in [-0.2, -0.15) is 0 Å². The number of quaternary nitrogens is 1. The van der Waals surface area contributed by atoms with Crippen LogP contribution in [0.3, 0.4) is 0 Å². The molecule has 0 amide bonds. The van der Waals surface area contributed by atoms with Crippen LogP contribution in [-0.2, 0) is 28.6 Å². The van der Waals surface area contributed by atoms with E-state index in [0.29, 0.717) is 19.3 Å². The van der Waals surface area contributed by atoms with Gasteiger partial charge < -0.3 is 23.8 Å². The zero-order valence-electron chi connectivity index (χ0n) is 41.3. The molecule has 8 heteroatoms. The van der Waals surface area contributed by atoms with E-state index >= 15 is 0 Å². The number of esters is 2. The predicted molar refractivity (Wildman–Crippen MR) is 261 cm³/mol. The van der Waals surface area contributed by atoms with Crippen molar-refractivity contribution in [3.63, 3.8) is 0 Å². The number of nitrogens with zero attached hydrogens (tertiary/aromatic N) is 1. The number of hydrogen-bond acceptors (Lipinski definition) is 6. The van der Waals surface area contributed by atoms with Gasteiger partial charge in [-0.05, 0) is 70.6 Å². The number of allylic oxidation sites excluding steroid dienone is 6. The lowest BCUT2D eigenvalue weighted by atomic mass is 10.1. The van der Waals surface area contributed by atoms with Gasteiger partial charge in [-0.15, -0.1) is 0 Å². The van der Waals surface area contributed by atoms with Gasteiger partial charge in [-0.25, -0.2) is 4.79 Å². The molecular weight excluding hydrogens is 775 g/mol. The SMILES string of the molecule is CCCCC/C=C/C/C=C/CCCCCCCCCC(=O)OCC(COCCC(C(=O)O)[N+](C)(C)C)OC(=O)CCCCCCCCC/C=C/CCCCCCCCCCCC. The third kappa shape index (κ3) is 42.8. The van der Waals surface area contributed by atoms with E-state index in [-0.39, 0.29) is 36.2 Å². The average Bonchev–Trinajstić information content (AvgIpc) is 3.23. The van der Waals surface area contributed by atoms with Crippen molar-refractivity contribution < 1.29 is 38.2 Å². The molecule has 2 atom stereocenters. The van der Waals surface area contributed by atoms with Gasteiger partial charge in [-0.1, -0.05) is 185 Å². The van der Waals surface area contributed by atoms with E-state index in [1.165, 1.54) is 154 Å². The van der Waals surface area contributed by atoms with Crippen molar-refractivity contribution in [3.05, 3.63) is 36.5 Å². The van der Waals surface area contributed by atoms with Crippen molar-refractivity contribution in [1.82, 2.24) is 0 Å². The van der Waals surface area contributed by atoms with Crippen LogP contribution in [0, 0.1) is 0 Å². The number of hydrogen-bond donors (Lipinski definition) is 1. The second kappa shape index (κ2) is 45.1. The fourth-order valence-electron chi connectivity index (χ4n) is 7.71. The van der Waals surface area contributed by atoms with Crippen LogP contribution in [0.1, 0.15) is 239 Å². The quantitative estimate of drug-likeness (QED) is 0.0281. The molecule has 0 rings (SSSR count). The molecule has 0 bridgehead atoms. The summed E-state index contributed by atoms with van der Waals surface area (Å²) in [5, 5.41) is 9.65. The topological polar surface area (TPSA) is 99.1 Å². The number of rotatable bonds is 47. The molecule has 0 saturated heterocycles. The minimum atomic E-state index is -0.875. The number of unbranched alkanes of at least 4 members (excludes halogenated alkanes) is 27. The first-order valence-corrected chi connectivity index (χ1v) is 26.0. The summed E-state index contributed by atoms with van der Waals surface area (Å²) in [5.74, 6) is -1.47. The lowest BCUT2D eigenvalue weighted by molar-refractivity contribution is -0.887. The maximum atomic E-state index is 12.8. The highest BCUT2D eigenvalue weighted by Crippen LogP contribution is 2.15. The summed E-state index contributed by atoms with van der Waals surface area (Å²) in [6.07, 6.45) is 53.3. The van der Waals surface area contributed by atoms with Crippen LogP contribution in [-0.4, -0.2) is 80.6 Å². The summed E-state index contributed by atoms with van der Waals surface area (Å²) >= 11 is 0. The molecule has 0 fully saturated rings. The van der Waals surface area contributed by atoms with Gasteiger partial charge in [0.25, 0.3) is 0 Å². The van der Waals surface area contributed by atoms with Crippen LogP contribution < -0.4 is 0 Å². The van der Waals surface area contributed by atoms with Crippen LogP contribution in [0.15, 0.2) is 36.5 Å². The molecule has 0 spiro atoms. The third-order valence-electron chi connectivity index (χ3n) is 11.8. The highest BCUT2D eigenvalue weighted by atomic mass is 16.6. The summed E-state index contributed by atoms with van der Waals surface area (Å²) < 4.78 is 17.4. The Labute approximate surface area is 383 Å². The van der Waals surface area contributed by atoms with Crippen molar-refractivity contribution in [2.75, 3.05) is 41.0 Å². The zero-order valence-corrected chi connectivity index (χ0v) is 41.3. The van der Waals surface area contributed by atoms with Crippen molar-refractivity contribution in [2.24, 2.45) is 0 Å². The first-order chi connectivity index (χ1) is 30.1. The Morgan fingerprint density at radius 2 is 0.855 bits per heavy atom. The summed E-state index contributed by atoms with van der Waals surface area (Å²) in [5.41, 5.74) is 0. The molecule has 0 radical (unpaired) electrons. The van der Waals surface area contributed by atoms with E-state index < -0.39 is 18.1 Å². The second-order valence-corrected chi connectivity index (χ2v) is 18.8. The fourth-order valence-corrected chi connectivity index (χ4v) is 7.71.